The molecule has 1 atom stereocenters. The van der Waals surface area contributed by atoms with Crippen molar-refractivity contribution in [3.63, 3.8) is 0 Å². The zero-order valence-corrected chi connectivity index (χ0v) is 10.8. The van der Waals surface area contributed by atoms with E-state index in [1.54, 1.807) is 0 Å². The maximum Gasteiger partial charge on any atom is 0.234 e. The van der Waals surface area contributed by atoms with Gasteiger partial charge in [-0.05, 0) is 31.7 Å². The predicted octanol–water partition coefficient (Wildman–Crippen LogP) is 1.78. The summed E-state index contributed by atoms with van der Waals surface area (Å²) >= 11 is 0. The summed E-state index contributed by atoms with van der Waals surface area (Å²) in [5, 5.41) is 6.11. The Labute approximate surface area is 94.0 Å². The molecule has 0 rings (SSSR count). The zero-order chi connectivity index (χ0) is 11.8. The van der Waals surface area contributed by atoms with Crippen molar-refractivity contribution < 1.29 is 4.79 Å². The highest BCUT2D eigenvalue weighted by Crippen LogP contribution is 1.99. The molecule has 0 bridgehead atoms. The summed E-state index contributed by atoms with van der Waals surface area (Å²) in [6.45, 7) is 12.0. The predicted molar refractivity (Wildman–Crippen MR) is 64.8 cm³/mol. The molecular formula is C12H26N2O. The Morgan fingerprint density at radius 3 is 2.20 bits per heavy atom. The Morgan fingerprint density at radius 1 is 1.13 bits per heavy atom. The van der Waals surface area contributed by atoms with Gasteiger partial charge in [0.15, 0.2) is 0 Å². The second-order valence-electron chi connectivity index (χ2n) is 4.96. The molecule has 0 aliphatic carbocycles. The van der Waals surface area contributed by atoms with Crippen LogP contribution in [-0.2, 0) is 4.79 Å². The van der Waals surface area contributed by atoms with E-state index < -0.39 is 0 Å². The van der Waals surface area contributed by atoms with Gasteiger partial charge in [0.25, 0.3) is 0 Å². The van der Waals surface area contributed by atoms with Crippen LogP contribution in [0.1, 0.15) is 41.0 Å². The van der Waals surface area contributed by atoms with Gasteiger partial charge in [-0.2, -0.15) is 0 Å². The summed E-state index contributed by atoms with van der Waals surface area (Å²) in [5.41, 5.74) is 0. The normalized spacial score (nSPS) is 13.3. The molecule has 0 saturated carbocycles. The molecule has 0 aromatic carbocycles. The van der Waals surface area contributed by atoms with E-state index in [9.17, 15) is 4.79 Å². The minimum atomic E-state index is 0.0972. The Morgan fingerprint density at radius 2 is 1.73 bits per heavy atom. The fourth-order valence-corrected chi connectivity index (χ4v) is 1.06. The monoisotopic (exact) mass is 214 g/mol. The van der Waals surface area contributed by atoms with E-state index in [-0.39, 0.29) is 11.9 Å². The number of rotatable bonds is 7. The largest absolute Gasteiger partial charge is 0.352 e. The lowest BCUT2D eigenvalue weighted by Gasteiger charge is -2.17. The first-order chi connectivity index (χ1) is 6.93. The average Bonchev–Trinajstić information content (AvgIpc) is 2.12. The van der Waals surface area contributed by atoms with E-state index in [0.717, 1.165) is 13.0 Å². The molecule has 1 amide bonds. The first-order valence-corrected chi connectivity index (χ1v) is 5.93. The van der Waals surface area contributed by atoms with Crippen LogP contribution in [0.2, 0.25) is 0 Å². The molecule has 0 fully saturated rings. The van der Waals surface area contributed by atoms with Gasteiger partial charge < -0.3 is 10.6 Å². The zero-order valence-electron chi connectivity index (χ0n) is 10.8. The Balaban J connectivity index is 3.49. The summed E-state index contributed by atoms with van der Waals surface area (Å²) in [6, 6.07) is 0.254. The average molecular weight is 214 g/mol. The summed E-state index contributed by atoms with van der Waals surface area (Å²) in [7, 11) is 0. The molecular weight excluding hydrogens is 188 g/mol. The van der Waals surface area contributed by atoms with Crippen molar-refractivity contribution in [2.75, 3.05) is 13.1 Å². The van der Waals surface area contributed by atoms with Gasteiger partial charge >= 0.3 is 0 Å². The number of carbonyl (C=O) groups is 1. The van der Waals surface area contributed by atoms with Crippen LogP contribution in [0, 0.1) is 11.8 Å². The smallest absolute Gasteiger partial charge is 0.234 e. The van der Waals surface area contributed by atoms with Crippen molar-refractivity contribution in [1.29, 1.82) is 0 Å². The fourth-order valence-electron chi connectivity index (χ4n) is 1.06. The van der Waals surface area contributed by atoms with Crippen LogP contribution in [0.4, 0.5) is 0 Å². The minimum Gasteiger partial charge on any atom is -0.352 e. The van der Waals surface area contributed by atoms with Crippen LogP contribution in [0.15, 0.2) is 0 Å². The molecule has 0 saturated heterocycles. The molecule has 0 aromatic heterocycles. The summed E-state index contributed by atoms with van der Waals surface area (Å²) in [4.78, 5) is 11.4. The molecule has 1 unspecified atom stereocenters. The molecule has 15 heavy (non-hydrogen) atoms. The first kappa shape index (κ1) is 14.4. The summed E-state index contributed by atoms with van der Waals surface area (Å²) < 4.78 is 0. The van der Waals surface area contributed by atoms with Crippen molar-refractivity contribution in [2.45, 2.75) is 47.1 Å². The molecule has 0 radical (unpaired) electrons. The lowest BCUT2D eigenvalue weighted by Crippen LogP contribution is -2.41. The van der Waals surface area contributed by atoms with Crippen LogP contribution in [0.25, 0.3) is 0 Å². The van der Waals surface area contributed by atoms with E-state index in [4.69, 9.17) is 0 Å². The molecule has 3 nitrogen and oxygen atoms in total. The van der Waals surface area contributed by atoms with Crippen LogP contribution >= 0.6 is 0 Å². The molecule has 0 aliphatic rings. The Bertz CT molecular complexity index is 178. The van der Waals surface area contributed by atoms with Crippen molar-refractivity contribution in [1.82, 2.24) is 10.6 Å². The number of amides is 1. The molecule has 90 valence electrons. The molecule has 0 spiro atoms. The Kier molecular flexibility index (Phi) is 7.39. The SMILES string of the molecule is CC(C)CCNCC(=O)NC(C)C(C)C. The lowest BCUT2D eigenvalue weighted by atomic mass is 10.1. The van der Waals surface area contributed by atoms with E-state index in [1.807, 2.05) is 6.92 Å². The topological polar surface area (TPSA) is 41.1 Å². The Hall–Kier alpha value is -0.570. The van der Waals surface area contributed by atoms with Gasteiger partial charge in [0, 0.05) is 6.04 Å². The van der Waals surface area contributed by atoms with Gasteiger partial charge in [0.05, 0.1) is 6.54 Å². The highest BCUT2D eigenvalue weighted by Gasteiger charge is 2.09. The van der Waals surface area contributed by atoms with Gasteiger partial charge in [-0.15, -0.1) is 0 Å². The third-order valence-electron chi connectivity index (χ3n) is 2.57. The number of nitrogens with one attached hydrogen (secondary N) is 2. The molecule has 2 N–H and O–H groups in total. The van der Waals surface area contributed by atoms with Crippen LogP contribution < -0.4 is 10.6 Å². The van der Waals surface area contributed by atoms with Crippen molar-refractivity contribution in [3.05, 3.63) is 0 Å². The molecule has 0 aliphatic heterocycles. The third-order valence-corrected chi connectivity index (χ3v) is 2.57. The maximum absolute atomic E-state index is 11.4. The lowest BCUT2D eigenvalue weighted by molar-refractivity contribution is -0.121. The number of carbonyl (C=O) groups excluding carboxylic acids is 1. The highest BCUT2D eigenvalue weighted by atomic mass is 16.1. The molecule has 0 aromatic rings. The van der Waals surface area contributed by atoms with Crippen molar-refractivity contribution in [3.8, 4) is 0 Å². The van der Waals surface area contributed by atoms with Gasteiger partial charge in [-0.1, -0.05) is 27.7 Å². The van der Waals surface area contributed by atoms with Crippen LogP contribution in [0.5, 0.6) is 0 Å². The quantitative estimate of drug-likeness (QED) is 0.634. The van der Waals surface area contributed by atoms with Crippen LogP contribution in [0.3, 0.4) is 0 Å². The second-order valence-corrected chi connectivity index (χ2v) is 4.96. The number of hydrogen-bond acceptors (Lipinski definition) is 2. The molecule has 0 heterocycles. The standard InChI is InChI=1S/C12H26N2O/c1-9(2)6-7-13-8-12(15)14-11(5)10(3)4/h9-11,13H,6-8H2,1-5H3,(H,14,15). The van der Waals surface area contributed by atoms with Gasteiger partial charge in [0.2, 0.25) is 5.91 Å². The van der Waals surface area contributed by atoms with Gasteiger partial charge in [-0.25, -0.2) is 0 Å². The fraction of sp³-hybridized carbons (Fsp3) is 0.917. The second kappa shape index (κ2) is 7.69. The van der Waals surface area contributed by atoms with Gasteiger partial charge in [0.1, 0.15) is 0 Å². The highest BCUT2D eigenvalue weighted by molar-refractivity contribution is 5.78. The third kappa shape index (κ3) is 8.43. The van der Waals surface area contributed by atoms with Crippen molar-refractivity contribution >= 4 is 5.91 Å². The number of hydrogen-bond donors (Lipinski definition) is 2. The van der Waals surface area contributed by atoms with Crippen LogP contribution in [-0.4, -0.2) is 25.0 Å². The maximum atomic E-state index is 11.4. The van der Waals surface area contributed by atoms with E-state index in [1.165, 1.54) is 0 Å². The van der Waals surface area contributed by atoms with Gasteiger partial charge in [-0.3, -0.25) is 4.79 Å². The summed E-state index contributed by atoms with van der Waals surface area (Å²) in [5.74, 6) is 1.28. The van der Waals surface area contributed by atoms with Crippen molar-refractivity contribution in [2.24, 2.45) is 11.8 Å². The minimum absolute atomic E-state index is 0.0972. The molecule has 3 heteroatoms. The summed E-state index contributed by atoms with van der Waals surface area (Å²) in [6.07, 6.45) is 1.12. The van der Waals surface area contributed by atoms with E-state index >= 15 is 0 Å². The first-order valence-electron chi connectivity index (χ1n) is 5.93. The van der Waals surface area contributed by atoms with E-state index in [0.29, 0.717) is 18.4 Å². The van der Waals surface area contributed by atoms with E-state index in [2.05, 4.69) is 38.3 Å².